The van der Waals surface area contributed by atoms with Crippen molar-refractivity contribution in [2.24, 2.45) is 0 Å². The molecule has 28 heavy (non-hydrogen) atoms. The Kier molecular flexibility index (Phi) is 5.84. The highest BCUT2D eigenvalue weighted by Gasteiger charge is 2.35. The molecule has 1 aliphatic rings. The Morgan fingerprint density at radius 3 is 1.93 bits per heavy atom. The molecular weight excluding hydrogens is 398 g/mol. The first-order chi connectivity index (χ1) is 13.2. The lowest BCUT2D eigenvalue weighted by Gasteiger charge is -2.31. The summed E-state index contributed by atoms with van der Waals surface area (Å²) in [6.45, 7) is 3.99. The first-order valence-corrected chi connectivity index (χ1v) is 12.1. The van der Waals surface area contributed by atoms with Crippen LogP contribution in [0, 0.1) is 13.8 Å². The fraction of sp³-hybridized carbons (Fsp3) is 0.400. The van der Waals surface area contributed by atoms with Gasteiger partial charge in [-0.25, -0.2) is 16.8 Å². The minimum absolute atomic E-state index is 0.184. The molecule has 0 aromatic heterocycles. The van der Waals surface area contributed by atoms with E-state index in [1.165, 1.54) is 4.31 Å². The molecule has 1 saturated heterocycles. The third kappa shape index (κ3) is 3.81. The van der Waals surface area contributed by atoms with Crippen LogP contribution in [0.1, 0.15) is 24.0 Å². The second-order valence-electron chi connectivity index (χ2n) is 7.05. The average Bonchev–Trinajstić information content (AvgIpc) is 2.68. The smallest absolute Gasteiger partial charge is 0.243 e. The molecule has 2 aromatic carbocycles. The molecule has 0 spiro atoms. The number of piperidine rings is 1. The number of sulfonamides is 1. The van der Waals surface area contributed by atoms with Crippen LogP contribution in [0.3, 0.4) is 0 Å². The summed E-state index contributed by atoms with van der Waals surface area (Å²) in [5.41, 5.74) is 1.50. The number of methoxy groups -OCH3 is 1. The second kappa shape index (κ2) is 7.85. The Balaban J connectivity index is 1.79. The van der Waals surface area contributed by atoms with E-state index in [2.05, 4.69) is 0 Å². The first kappa shape index (κ1) is 20.8. The van der Waals surface area contributed by atoms with E-state index < -0.39 is 25.1 Å². The Morgan fingerprint density at radius 2 is 1.43 bits per heavy atom. The van der Waals surface area contributed by atoms with Crippen LogP contribution >= 0.6 is 0 Å². The number of rotatable bonds is 5. The van der Waals surface area contributed by atoms with Gasteiger partial charge in [0.1, 0.15) is 5.75 Å². The number of nitrogens with zero attached hydrogens (tertiary/aromatic N) is 1. The highest BCUT2D eigenvalue weighted by Crippen LogP contribution is 2.31. The van der Waals surface area contributed by atoms with E-state index in [1.807, 2.05) is 13.8 Å². The van der Waals surface area contributed by atoms with Gasteiger partial charge in [0.25, 0.3) is 0 Å². The summed E-state index contributed by atoms with van der Waals surface area (Å²) in [5, 5.41) is -0.569. The van der Waals surface area contributed by atoms with Gasteiger partial charge in [0.05, 0.1) is 22.2 Å². The largest absolute Gasteiger partial charge is 0.496 e. The SMILES string of the molecule is COc1c(C)cc(S(=O)(=O)N2CCC(S(=O)(=O)c3ccccc3)CC2)cc1C. The Hall–Kier alpha value is -1.90. The molecule has 6 nitrogen and oxygen atoms in total. The van der Waals surface area contributed by atoms with E-state index in [0.717, 1.165) is 11.1 Å². The summed E-state index contributed by atoms with van der Waals surface area (Å²) in [5.74, 6) is 0.673. The van der Waals surface area contributed by atoms with Crippen molar-refractivity contribution in [1.82, 2.24) is 4.31 Å². The lowest BCUT2D eigenvalue weighted by Crippen LogP contribution is -2.42. The summed E-state index contributed by atoms with van der Waals surface area (Å²) >= 11 is 0. The standard InChI is InChI=1S/C20H25NO5S2/c1-15-13-19(14-16(2)20(15)26-3)28(24,25)21-11-9-18(10-12-21)27(22,23)17-7-5-4-6-8-17/h4-8,13-14,18H,9-12H2,1-3H3. The predicted octanol–water partition coefficient (Wildman–Crippen LogP) is 2.94. The molecule has 0 atom stereocenters. The Bertz CT molecular complexity index is 1030. The number of sulfone groups is 1. The quantitative estimate of drug-likeness (QED) is 0.739. The monoisotopic (exact) mass is 423 g/mol. The van der Waals surface area contributed by atoms with E-state index in [-0.39, 0.29) is 35.7 Å². The van der Waals surface area contributed by atoms with Crippen LogP contribution < -0.4 is 4.74 Å². The lowest BCUT2D eigenvalue weighted by molar-refractivity contribution is 0.345. The second-order valence-corrected chi connectivity index (χ2v) is 11.2. The molecule has 0 aliphatic carbocycles. The van der Waals surface area contributed by atoms with E-state index in [9.17, 15) is 16.8 Å². The molecule has 0 saturated carbocycles. The zero-order valence-electron chi connectivity index (χ0n) is 16.3. The molecule has 1 heterocycles. The van der Waals surface area contributed by atoms with E-state index in [1.54, 1.807) is 49.6 Å². The first-order valence-electron chi connectivity index (χ1n) is 9.12. The molecule has 3 rings (SSSR count). The highest BCUT2D eigenvalue weighted by atomic mass is 32.2. The molecule has 0 radical (unpaired) electrons. The third-order valence-electron chi connectivity index (χ3n) is 5.19. The van der Waals surface area contributed by atoms with Gasteiger partial charge < -0.3 is 4.74 Å². The number of benzene rings is 2. The zero-order chi connectivity index (χ0) is 20.5. The van der Waals surface area contributed by atoms with Gasteiger partial charge in [-0.05, 0) is 62.1 Å². The van der Waals surface area contributed by atoms with Gasteiger partial charge in [0.15, 0.2) is 9.84 Å². The minimum atomic E-state index is -3.68. The van der Waals surface area contributed by atoms with Crippen LogP contribution in [0.15, 0.2) is 52.3 Å². The van der Waals surface area contributed by atoms with Crippen LogP contribution in [0.2, 0.25) is 0 Å². The molecule has 2 aromatic rings. The van der Waals surface area contributed by atoms with Crippen molar-refractivity contribution in [1.29, 1.82) is 0 Å². The van der Waals surface area contributed by atoms with Crippen molar-refractivity contribution in [3.63, 3.8) is 0 Å². The Morgan fingerprint density at radius 1 is 0.893 bits per heavy atom. The molecule has 0 bridgehead atoms. The predicted molar refractivity (Wildman–Crippen MR) is 108 cm³/mol. The number of aryl methyl sites for hydroxylation is 2. The Labute approximate surface area is 167 Å². The van der Waals surface area contributed by atoms with Crippen molar-refractivity contribution in [3.8, 4) is 5.75 Å². The van der Waals surface area contributed by atoms with Crippen LogP contribution in [0.5, 0.6) is 5.75 Å². The summed E-state index contributed by atoms with van der Waals surface area (Å²) in [4.78, 5) is 0.505. The van der Waals surface area contributed by atoms with E-state index >= 15 is 0 Å². The van der Waals surface area contributed by atoms with Crippen molar-refractivity contribution in [3.05, 3.63) is 53.6 Å². The molecule has 1 aliphatic heterocycles. The maximum Gasteiger partial charge on any atom is 0.243 e. The van der Waals surface area contributed by atoms with Crippen molar-refractivity contribution in [2.75, 3.05) is 20.2 Å². The number of hydrogen-bond acceptors (Lipinski definition) is 5. The normalized spacial score (nSPS) is 16.8. The van der Waals surface area contributed by atoms with Crippen LogP contribution in [0.4, 0.5) is 0 Å². The molecule has 152 valence electrons. The molecule has 0 amide bonds. The maximum absolute atomic E-state index is 13.1. The van der Waals surface area contributed by atoms with Crippen LogP contribution in [-0.2, 0) is 19.9 Å². The van der Waals surface area contributed by atoms with Gasteiger partial charge in [0, 0.05) is 13.1 Å². The molecule has 0 unspecified atom stereocenters. The fourth-order valence-corrected chi connectivity index (χ4v) is 7.11. The molecule has 0 N–H and O–H groups in total. The lowest BCUT2D eigenvalue weighted by atomic mass is 10.1. The van der Waals surface area contributed by atoms with Crippen molar-refractivity contribution < 1.29 is 21.6 Å². The van der Waals surface area contributed by atoms with Gasteiger partial charge >= 0.3 is 0 Å². The number of ether oxygens (including phenoxy) is 1. The van der Waals surface area contributed by atoms with E-state index in [4.69, 9.17) is 4.74 Å². The summed E-state index contributed by atoms with van der Waals surface area (Å²) in [7, 11) is -5.58. The highest BCUT2D eigenvalue weighted by molar-refractivity contribution is 7.92. The summed E-state index contributed by atoms with van der Waals surface area (Å²) < 4.78 is 58.4. The number of hydrogen-bond donors (Lipinski definition) is 0. The summed E-state index contributed by atoms with van der Waals surface area (Å²) in [6, 6.07) is 11.5. The molecule has 8 heteroatoms. The van der Waals surface area contributed by atoms with Crippen LogP contribution in [-0.4, -0.2) is 46.6 Å². The summed E-state index contributed by atoms with van der Waals surface area (Å²) in [6.07, 6.45) is 0.565. The van der Waals surface area contributed by atoms with Gasteiger partial charge in [-0.15, -0.1) is 0 Å². The minimum Gasteiger partial charge on any atom is -0.496 e. The topological polar surface area (TPSA) is 80.8 Å². The third-order valence-corrected chi connectivity index (χ3v) is 9.34. The fourth-order valence-electron chi connectivity index (χ4n) is 3.72. The van der Waals surface area contributed by atoms with Crippen LogP contribution in [0.25, 0.3) is 0 Å². The average molecular weight is 424 g/mol. The van der Waals surface area contributed by atoms with Crippen molar-refractivity contribution in [2.45, 2.75) is 41.7 Å². The molecular formula is C20H25NO5S2. The van der Waals surface area contributed by atoms with Gasteiger partial charge in [-0.3, -0.25) is 0 Å². The van der Waals surface area contributed by atoms with Gasteiger partial charge in [-0.1, -0.05) is 18.2 Å². The van der Waals surface area contributed by atoms with Gasteiger partial charge in [0.2, 0.25) is 10.0 Å². The van der Waals surface area contributed by atoms with Gasteiger partial charge in [-0.2, -0.15) is 4.31 Å². The van der Waals surface area contributed by atoms with Crippen molar-refractivity contribution >= 4 is 19.9 Å². The maximum atomic E-state index is 13.1. The van der Waals surface area contributed by atoms with E-state index in [0.29, 0.717) is 5.75 Å². The molecule has 1 fully saturated rings. The zero-order valence-corrected chi connectivity index (χ0v) is 17.9.